The summed E-state index contributed by atoms with van der Waals surface area (Å²) in [7, 11) is 3.19. The number of aromatic hydroxyl groups is 1. The lowest BCUT2D eigenvalue weighted by atomic mass is 10.2. The SMILES string of the molecule is CCC(=NCc1ccc(OC)c(OC)c1)c1nc(-c2ccc(Cl)cc2)oc1O. The van der Waals surface area contributed by atoms with Crippen LogP contribution in [0.5, 0.6) is 17.4 Å². The fourth-order valence-electron chi connectivity index (χ4n) is 2.74. The van der Waals surface area contributed by atoms with E-state index in [2.05, 4.69) is 9.98 Å². The van der Waals surface area contributed by atoms with Crippen LogP contribution >= 0.6 is 11.6 Å². The van der Waals surface area contributed by atoms with E-state index in [1.807, 2.05) is 25.1 Å². The lowest BCUT2D eigenvalue weighted by Gasteiger charge is -2.08. The molecule has 1 heterocycles. The molecule has 0 saturated heterocycles. The van der Waals surface area contributed by atoms with E-state index in [-0.39, 0.29) is 5.95 Å². The molecule has 0 amide bonds. The maximum Gasteiger partial charge on any atom is 0.312 e. The van der Waals surface area contributed by atoms with E-state index < -0.39 is 0 Å². The van der Waals surface area contributed by atoms with Crippen molar-refractivity contribution in [2.24, 2.45) is 4.99 Å². The van der Waals surface area contributed by atoms with Crippen LogP contribution in [-0.4, -0.2) is 30.0 Å². The molecule has 0 saturated carbocycles. The first kappa shape index (κ1) is 19.8. The van der Waals surface area contributed by atoms with Gasteiger partial charge < -0.3 is 19.0 Å². The van der Waals surface area contributed by atoms with E-state index >= 15 is 0 Å². The van der Waals surface area contributed by atoms with Gasteiger partial charge in [0, 0.05) is 10.6 Å². The molecule has 0 unspecified atom stereocenters. The number of benzene rings is 2. The predicted octanol–water partition coefficient (Wildman–Crippen LogP) is 5.12. The van der Waals surface area contributed by atoms with Gasteiger partial charge in [-0.05, 0) is 48.4 Å². The largest absolute Gasteiger partial charge is 0.493 e. The Morgan fingerprint density at radius 1 is 1.11 bits per heavy atom. The average molecular weight is 401 g/mol. The van der Waals surface area contributed by atoms with Gasteiger partial charge in [0.05, 0.1) is 26.5 Å². The van der Waals surface area contributed by atoms with Crippen LogP contribution in [0.4, 0.5) is 0 Å². The van der Waals surface area contributed by atoms with Crippen molar-refractivity contribution >= 4 is 17.3 Å². The van der Waals surface area contributed by atoms with Gasteiger partial charge in [0.25, 0.3) is 0 Å². The third kappa shape index (κ3) is 4.28. The molecule has 0 spiro atoms. The molecule has 3 rings (SSSR count). The highest BCUT2D eigenvalue weighted by molar-refractivity contribution is 6.30. The zero-order chi connectivity index (χ0) is 20.1. The number of hydrogen-bond acceptors (Lipinski definition) is 6. The van der Waals surface area contributed by atoms with Gasteiger partial charge in [0.2, 0.25) is 5.89 Å². The Balaban J connectivity index is 1.86. The summed E-state index contributed by atoms with van der Waals surface area (Å²) in [5.74, 6) is 1.37. The highest BCUT2D eigenvalue weighted by Crippen LogP contribution is 2.30. The Bertz CT molecular complexity index is 981. The second-order valence-corrected chi connectivity index (χ2v) is 6.42. The first-order valence-electron chi connectivity index (χ1n) is 8.76. The van der Waals surface area contributed by atoms with E-state index in [9.17, 15) is 5.11 Å². The fraction of sp³-hybridized carbons (Fsp3) is 0.238. The van der Waals surface area contributed by atoms with Crippen LogP contribution in [-0.2, 0) is 6.54 Å². The summed E-state index contributed by atoms with van der Waals surface area (Å²) < 4.78 is 16.0. The Morgan fingerprint density at radius 3 is 2.46 bits per heavy atom. The molecule has 28 heavy (non-hydrogen) atoms. The van der Waals surface area contributed by atoms with Crippen LogP contribution in [0.1, 0.15) is 24.6 Å². The molecule has 0 fully saturated rings. The third-order valence-electron chi connectivity index (χ3n) is 4.21. The second-order valence-electron chi connectivity index (χ2n) is 5.99. The smallest absolute Gasteiger partial charge is 0.312 e. The molecule has 3 aromatic rings. The maximum absolute atomic E-state index is 10.2. The summed E-state index contributed by atoms with van der Waals surface area (Å²) in [6.07, 6.45) is 0.591. The monoisotopic (exact) mass is 400 g/mol. The standard InChI is InChI=1S/C21H21ClN2O4/c1-4-16(23-12-13-5-10-17(26-2)18(11-13)27-3)19-21(25)28-20(24-19)14-6-8-15(22)9-7-14/h5-11,25H,4,12H2,1-3H3. The Kier molecular flexibility index (Phi) is 6.21. The molecule has 0 aliphatic carbocycles. The van der Waals surface area contributed by atoms with Gasteiger partial charge in [-0.3, -0.25) is 4.99 Å². The van der Waals surface area contributed by atoms with Gasteiger partial charge in [0.15, 0.2) is 17.2 Å². The lowest BCUT2D eigenvalue weighted by Crippen LogP contribution is -2.01. The molecule has 0 aliphatic heterocycles. The van der Waals surface area contributed by atoms with Gasteiger partial charge >= 0.3 is 5.95 Å². The molecule has 7 heteroatoms. The minimum absolute atomic E-state index is 0.252. The van der Waals surface area contributed by atoms with Crippen LogP contribution < -0.4 is 9.47 Å². The van der Waals surface area contributed by atoms with Crippen LogP contribution in [0.15, 0.2) is 51.9 Å². The second kappa shape index (κ2) is 8.80. The summed E-state index contributed by atoms with van der Waals surface area (Å²) in [4.78, 5) is 9.03. The normalized spacial score (nSPS) is 11.5. The molecule has 0 aliphatic rings. The number of aliphatic imine (C=N–C) groups is 1. The van der Waals surface area contributed by atoms with Crippen LogP contribution in [0, 0.1) is 0 Å². The highest BCUT2D eigenvalue weighted by atomic mass is 35.5. The van der Waals surface area contributed by atoms with Crippen molar-refractivity contribution in [3.8, 4) is 28.9 Å². The molecule has 1 aromatic heterocycles. The Labute approximate surface area is 168 Å². The van der Waals surface area contributed by atoms with Gasteiger partial charge in [0.1, 0.15) is 0 Å². The average Bonchev–Trinajstić information content (AvgIpc) is 3.10. The summed E-state index contributed by atoms with van der Waals surface area (Å²) in [6.45, 7) is 2.36. The van der Waals surface area contributed by atoms with Gasteiger partial charge in [-0.1, -0.05) is 24.6 Å². The highest BCUT2D eigenvalue weighted by Gasteiger charge is 2.18. The summed E-state index contributed by atoms with van der Waals surface area (Å²) in [5.41, 5.74) is 2.66. The third-order valence-corrected chi connectivity index (χ3v) is 4.46. The predicted molar refractivity (Wildman–Crippen MR) is 109 cm³/mol. The number of methoxy groups -OCH3 is 2. The molecular formula is C21H21ClN2O4. The van der Waals surface area contributed by atoms with Crippen molar-refractivity contribution < 1.29 is 19.0 Å². The molecule has 0 radical (unpaired) electrons. The van der Waals surface area contributed by atoms with Crippen LogP contribution in [0.3, 0.4) is 0 Å². The number of halogens is 1. The fourth-order valence-corrected chi connectivity index (χ4v) is 2.86. The summed E-state index contributed by atoms with van der Waals surface area (Å²) in [6, 6.07) is 12.7. The van der Waals surface area contributed by atoms with Crippen molar-refractivity contribution in [3.05, 3.63) is 58.7 Å². The quantitative estimate of drug-likeness (QED) is 0.557. The van der Waals surface area contributed by atoms with Crippen molar-refractivity contribution in [3.63, 3.8) is 0 Å². The minimum Gasteiger partial charge on any atom is -0.493 e. The number of nitrogens with zero attached hydrogens (tertiary/aromatic N) is 2. The Hall–Kier alpha value is -2.99. The van der Waals surface area contributed by atoms with Crippen LogP contribution in [0.25, 0.3) is 11.5 Å². The maximum atomic E-state index is 10.2. The van der Waals surface area contributed by atoms with Crippen molar-refractivity contribution in [2.45, 2.75) is 19.9 Å². The minimum atomic E-state index is -0.252. The lowest BCUT2D eigenvalue weighted by molar-refractivity contribution is 0.336. The van der Waals surface area contributed by atoms with E-state index in [0.29, 0.717) is 46.8 Å². The number of rotatable bonds is 7. The van der Waals surface area contributed by atoms with Crippen molar-refractivity contribution in [1.82, 2.24) is 4.98 Å². The van der Waals surface area contributed by atoms with Gasteiger partial charge in [-0.15, -0.1) is 0 Å². The summed E-state index contributed by atoms with van der Waals surface area (Å²) in [5, 5.41) is 10.8. The van der Waals surface area contributed by atoms with E-state index in [4.69, 9.17) is 25.5 Å². The van der Waals surface area contributed by atoms with Gasteiger partial charge in [-0.2, -0.15) is 0 Å². The first-order valence-corrected chi connectivity index (χ1v) is 9.13. The molecule has 1 N–H and O–H groups in total. The molecule has 2 aromatic carbocycles. The number of ether oxygens (including phenoxy) is 2. The van der Waals surface area contributed by atoms with E-state index in [1.165, 1.54) is 0 Å². The number of aromatic nitrogens is 1. The number of hydrogen-bond donors (Lipinski definition) is 1. The van der Waals surface area contributed by atoms with Gasteiger partial charge in [-0.25, -0.2) is 4.98 Å². The molecular weight excluding hydrogens is 380 g/mol. The molecule has 6 nitrogen and oxygen atoms in total. The van der Waals surface area contributed by atoms with E-state index in [1.54, 1.807) is 38.5 Å². The first-order chi connectivity index (χ1) is 13.5. The van der Waals surface area contributed by atoms with Crippen molar-refractivity contribution in [1.29, 1.82) is 0 Å². The van der Waals surface area contributed by atoms with Crippen molar-refractivity contribution in [2.75, 3.05) is 14.2 Å². The Morgan fingerprint density at radius 2 is 1.82 bits per heavy atom. The zero-order valence-corrected chi connectivity index (χ0v) is 16.7. The molecule has 0 bridgehead atoms. The molecule has 0 atom stereocenters. The topological polar surface area (TPSA) is 77.1 Å². The number of oxazole rings is 1. The summed E-state index contributed by atoms with van der Waals surface area (Å²) >= 11 is 5.91. The van der Waals surface area contributed by atoms with E-state index in [0.717, 1.165) is 11.1 Å². The zero-order valence-electron chi connectivity index (χ0n) is 15.9. The van der Waals surface area contributed by atoms with Crippen LogP contribution in [0.2, 0.25) is 5.02 Å². The molecule has 146 valence electrons.